The van der Waals surface area contributed by atoms with Crippen LogP contribution in [0.25, 0.3) is 0 Å². The Balaban J connectivity index is 1.97. The Morgan fingerprint density at radius 3 is 2.83 bits per heavy atom. The lowest BCUT2D eigenvalue weighted by Crippen LogP contribution is -2.26. The molecule has 0 aliphatic carbocycles. The highest BCUT2D eigenvalue weighted by Gasteiger charge is 2.14. The zero-order valence-corrected chi connectivity index (χ0v) is 13.4. The minimum atomic E-state index is -0.215. The number of ether oxygens (including phenoxy) is 1. The first kappa shape index (κ1) is 16.7. The molecule has 0 aliphatic heterocycles. The van der Waals surface area contributed by atoms with Gasteiger partial charge in [0.2, 0.25) is 11.4 Å². The standard InChI is InChI=1S/C17H21N3O3/c1-3-10-23-17-14(6-4-12(2)20-17)16(22)18-9-8-13-5-7-15(21)19-11-13/h4-7,11H,3,8-10H2,1-2H3,(H,18,22)(H,19,21). The normalized spacial score (nSPS) is 10.3. The molecule has 0 saturated carbocycles. The summed E-state index contributed by atoms with van der Waals surface area (Å²) in [6, 6.07) is 6.73. The second-order valence-corrected chi connectivity index (χ2v) is 5.22. The van der Waals surface area contributed by atoms with E-state index in [1.165, 1.54) is 6.07 Å². The minimum Gasteiger partial charge on any atom is -0.477 e. The Labute approximate surface area is 134 Å². The summed E-state index contributed by atoms with van der Waals surface area (Å²) >= 11 is 0. The predicted molar refractivity (Wildman–Crippen MR) is 87.9 cm³/mol. The van der Waals surface area contributed by atoms with E-state index in [-0.39, 0.29) is 11.5 Å². The lowest BCUT2D eigenvalue weighted by molar-refractivity contribution is 0.0949. The van der Waals surface area contributed by atoms with Crippen LogP contribution in [0.5, 0.6) is 5.88 Å². The number of carbonyl (C=O) groups excluding carboxylic acids is 1. The summed E-state index contributed by atoms with van der Waals surface area (Å²) in [5, 5.41) is 2.85. The Morgan fingerprint density at radius 1 is 1.30 bits per heavy atom. The largest absolute Gasteiger partial charge is 0.477 e. The number of pyridine rings is 2. The summed E-state index contributed by atoms with van der Waals surface area (Å²) in [7, 11) is 0. The lowest BCUT2D eigenvalue weighted by atomic mass is 10.2. The molecule has 2 N–H and O–H groups in total. The van der Waals surface area contributed by atoms with Crippen LogP contribution in [0.3, 0.4) is 0 Å². The monoisotopic (exact) mass is 315 g/mol. The topological polar surface area (TPSA) is 84.1 Å². The molecule has 0 spiro atoms. The van der Waals surface area contributed by atoms with E-state index in [9.17, 15) is 9.59 Å². The van der Waals surface area contributed by atoms with Crippen molar-refractivity contribution in [2.45, 2.75) is 26.7 Å². The first-order chi connectivity index (χ1) is 11.1. The molecule has 0 aliphatic rings. The fourth-order valence-corrected chi connectivity index (χ4v) is 2.03. The molecule has 2 heterocycles. The van der Waals surface area contributed by atoms with Gasteiger partial charge in [0, 0.05) is 24.5 Å². The number of amides is 1. The van der Waals surface area contributed by atoms with Gasteiger partial charge in [0.1, 0.15) is 5.56 Å². The molecule has 6 nitrogen and oxygen atoms in total. The van der Waals surface area contributed by atoms with E-state index in [1.807, 2.05) is 13.8 Å². The number of nitrogens with one attached hydrogen (secondary N) is 2. The first-order valence-electron chi connectivity index (χ1n) is 7.66. The Bertz CT molecular complexity index is 705. The molecule has 2 rings (SSSR count). The number of aromatic amines is 1. The Kier molecular flexibility index (Phi) is 5.91. The molecular formula is C17H21N3O3. The molecule has 0 aromatic carbocycles. The average Bonchev–Trinajstić information content (AvgIpc) is 2.54. The quantitative estimate of drug-likeness (QED) is 0.816. The lowest BCUT2D eigenvalue weighted by Gasteiger charge is -2.11. The predicted octanol–water partition coefficient (Wildman–Crippen LogP) is 1.84. The van der Waals surface area contributed by atoms with E-state index in [4.69, 9.17) is 4.74 Å². The first-order valence-corrected chi connectivity index (χ1v) is 7.66. The maximum atomic E-state index is 12.3. The number of H-pyrrole nitrogens is 1. The minimum absolute atomic E-state index is 0.138. The van der Waals surface area contributed by atoms with Crippen molar-refractivity contribution in [3.63, 3.8) is 0 Å². The van der Waals surface area contributed by atoms with Gasteiger partial charge in [-0.3, -0.25) is 9.59 Å². The maximum Gasteiger partial charge on any atom is 0.256 e. The summed E-state index contributed by atoms with van der Waals surface area (Å²) in [5.41, 5.74) is 2.06. The van der Waals surface area contributed by atoms with Gasteiger partial charge < -0.3 is 15.0 Å². The molecule has 1 amide bonds. The molecule has 2 aromatic heterocycles. The summed E-state index contributed by atoms with van der Waals surface area (Å²) in [6.45, 7) is 4.84. The van der Waals surface area contributed by atoms with Gasteiger partial charge in [0.25, 0.3) is 5.91 Å². The number of carbonyl (C=O) groups is 1. The van der Waals surface area contributed by atoms with Gasteiger partial charge >= 0.3 is 0 Å². The van der Waals surface area contributed by atoms with Gasteiger partial charge in [0.05, 0.1) is 6.61 Å². The fraction of sp³-hybridized carbons (Fsp3) is 0.353. The van der Waals surface area contributed by atoms with Gasteiger partial charge in [-0.05, 0) is 37.5 Å². The number of nitrogens with zero attached hydrogens (tertiary/aromatic N) is 1. The van der Waals surface area contributed by atoms with Crippen molar-refractivity contribution in [1.29, 1.82) is 0 Å². The van der Waals surface area contributed by atoms with Crippen molar-refractivity contribution in [2.75, 3.05) is 13.2 Å². The molecule has 122 valence electrons. The number of hydrogen-bond donors (Lipinski definition) is 2. The highest BCUT2D eigenvalue weighted by molar-refractivity contribution is 5.96. The van der Waals surface area contributed by atoms with Crippen molar-refractivity contribution in [3.05, 3.63) is 57.6 Å². The SMILES string of the molecule is CCCOc1nc(C)ccc1C(=O)NCCc1ccc(=O)[nH]c1. The number of rotatable bonds is 7. The van der Waals surface area contributed by atoms with Crippen molar-refractivity contribution >= 4 is 5.91 Å². The second-order valence-electron chi connectivity index (χ2n) is 5.22. The van der Waals surface area contributed by atoms with Crippen LogP contribution < -0.4 is 15.6 Å². The molecule has 0 saturated heterocycles. The van der Waals surface area contributed by atoms with Crippen molar-refractivity contribution in [2.24, 2.45) is 0 Å². The number of aromatic nitrogens is 2. The van der Waals surface area contributed by atoms with Gasteiger partial charge in [-0.15, -0.1) is 0 Å². The van der Waals surface area contributed by atoms with Crippen LogP contribution in [0.15, 0.2) is 35.3 Å². The maximum absolute atomic E-state index is 12.3. The van der Waals surface area contributed by atoms with Crippen LogP contribution in [0, 0.1) is 6.92 Å². The third-order valence-corrected chi connectivity index (χ3v) is 3.23. The van der Waals surface area contributed by atoms with E-state index in [1.54, 1.807) is 24.4 Å². The molecule has 0 radical (unpaired) electrons. The summed E-state index contributed by atoms with van der Waals surface area (Å²) < 4.78 is 5.55. The molecule has 0 unspecified atom stereocenters. The summed E-state index contributed by atoms with van der Waals surface area (Å²) in [6.07, 6.45) is 3.13. The third kappa shape index (κ3) is 4.95. The van der Waals surface area contributed by atoms with E-state index in [2.05, 4.69) is 15.3 Å². The van der Waals surface area contributed by atoms with Gasteiger partial charge in [-0.25, -0.2) is 4.98 Å². The van der Waals surface area contributed by atoms with Gasteiger partial charge in [0.15, 0.2) is 0 Å². The van der Waals surface area contributed by atoms with Crippen molar-refractivity contribution < 1.29 is 9.53 Å². The number of hydrogen-bond acceptors (Lipinski definition) is 4. The summed E-state index contributed by atoms with van der Waals surface area (Å²) in [4.78, 5) is 30.2. The molecule has 0 fully saturated rings. The van der Waals surface area contributed by atoms with Crippen LogP contribution in [0.4, 0.5) is 0 Å². The molecule has 2 aromatic rings. The van der Waals surface area contributed by atoms with Crippen LogP contribution in [-0.4, -0.2) is 29.0 Å². The zero-order chi connectivity index (χ0) is 16.7. The summed E-state index contributed by atoms with van der Waals surface area (Å²) in [5.74, 6) is 0.154. The van der Waals surface area contributed by atoms with Crippen LogP contribution >= 0.6 is 0 Å². The van der Waals surface area contributed by atoms with E-state index in [0.717, 1.165) is 17.7 Å². The van der Waals surface area contributed by atoms with Crippen molar-refractivity contribution in [1.82, 2.24) is 15.3 Å². The highest BCUT2D eigenvalue weighted by atomic mass is 16.5. The fourth-order valence-electron chi connectivity index (χ4n) is 2.03. The van der Waals surface area contributed by atoms with Crippen LogP contribution in [0.1, 0.15) is 35.0 Å². The van der Waals surface area contributed by atoms with Crippen LogP contribution in [0.2, 0.25) is 0 Å². The van der Waals surface area contributed by atoms with Crippen LogP contribution in [-0.2, 0) is 6.42 Å². The van der Waals surface area contributed by atoms with E-state index >= 15 is 0 Å². The van der Waals surface area contributed by atoms with Crippen molar-refractivity contribution in [3.8, 4) is 5.88 Å². The molecule has 0 atom stereocenters. The molecule has 6 heteroatoms. The van der Waals surface area contributed by atoms with Gasteiger partial charge in [-0.2, -0.15) is 0 Å². The zero-order valence-electron chi connectivity index (χ0n) is 13.4. The molecule has 0 bridgehead atoms. The molecular weight excluding hydrogens is 294 g/mol. The Morgan fingerprint density at radius 2 is 2.13 bits per heavy atom. The number of aryl methyl sites for hydroxylation is 1. The Hall–Kier alpha value is -2.63. The average molecular weight is 315 g/mol. The highest BCUT2D eigenvalue weighted by Crippen LogP contribution is 2.16. The smallest absolute Gasteiger partial charge is 0.256 e. The molecule has 23 heavy (non-hydrogen) atoms. The third-order valence-electron chi connectivity index (χ3n) is 3.23. The van der Waals surface area contributed by atoms with E-state index < -0.39 is 0 Å². The van der Waals surface area contributed by atoms with E-state index in [0.29, 0.717) is 31.0 Å². The second kappa shape index (κ2) is 8.12. The van der Waals surface area contributed by atoms with Gasteiger partial charge in [-0.1, -0.05) is 13.0 Å².